The van der Waals surface area contributed by atoms with Crippen LogP contribution in [-0.4, -0.2) is 31.7 Å². The lowest BCUT2D eigenvalue weighted by molar-refractivity contribution is -0.145. The second-order valence-corrected chi connectivity index (χ2v) is 3.71. The Morgan fingerprint density at radius 1 is 1.13 bits per heavy atom. The van der Waals surface area contributed by atoms with Crippen LogP contribution in [0.3, 0.4) is 0 Å². The summed E-state index contributed by atoms with van der Waals surface area (Å²) in [5.41, 5.74) is 0. The summed E-state index contributed by atoms with van der Waals surface area (Å²) in [6.45, 7) is 3.43. The molecule has 0 saturated heterocycles. The Hall–Kier alpha value is -0.280. The molecule has 0 heterocycles. The summed E-state index contributed by atoms with van der Waals surface area (Å²) in [6.07, 6.45) is 4.92. The Labute approximate surface area is 97.1 Å². The van der Waals surface area contributed by atoms with Gasteiger partial charge in [-0.25, -0.2) is 0 Å². The number of ether oxygens (including phenoxy) is 2. The van der Waals surface area contributed by atoms with Crippen molar-refractivity contribution < 1.29 is 14.3 Å². The third-order valence-electron chi connectivity index (χ3n) is 1.95. The minimum absolute atomic E-state index is 0.124. The zero-order chi connectivity index (χ0) is 11.4. The first kappa shape index (κ1) is 14.7. The molecule has 0 fully saturated rings. The van der Waals surface area contributed by atoms with Gasteiger partial charge in [0.1, 0.15) is 6.61 Å². The number of rotatable bonds is 10. The first-order chi connectivity index (χ1) is 7.31. The number of hydrogen-bond acceptors (Lipinski definition) is 3. The second-order valence-electron chi connectivity index (χ2n) is 3.33. The maximum absolute atomic E-state index is 11.1. The van der Waals surface area contributed by atoms with E-state index in [9.17, 15) is 4.79 Å². The highest BCUT2D eigenvalue weighted by atomic mass is 35.5. The van der Waals surface area contributed by atoms with Crippen LogP contribution in [-0.2, 0) is 14.3 Å². The smallest absolute Gasteiger partial charge is 0.305 e. The molecule has 3 nitrogen and oxygen atoms in total. The van der Waals surface area contributed by atoms with Gasteiger partial charge < -0.3 is 9.47 Å². The van der Waals surface area contributed by atoms with Crippen LogP contribution in [0.25, 0.3) is 0 Å². The molecule has 0 saturated carbocycles. The summed E-state index contributed by atoms with van der Waals surface area (Å²) in [6, 6.07) is 0. The van der Waals surface area contributed by atoms with Gasteiger partial charge in [-0.1, -0.05) is 26.2 Å². The van der Waals surface area contributed by atoms with Gasteiger partial charge in [-0.3, -0.25) is 4.79 Å². The van der Waals surface area contributed by atoms with Gasteiger partial charge in [-0.15, -0.1) is 11.6 Å². The maximum atomic E-state index is 11.1. The average molecular weight is 237 g/mol. The van der Waals surface area contributed by atoms with Gasteiger partial charge in [0.25, 0.3) is 0 Å². The fourth-order valence-electron chi connectivity index (χ4n) is 1.14. The molecule has 0 unspecified atom stereocenters. The molecule has 0 atom stereocenters. The predicted octanol–water partition coefficient (Wildman–Crippen LogP) is 2.76. The van der Waals surface area contributed by atoms with Gasteiger partial charge >= 0.3 is 5.97 Å². The third-order valence-corrected chi connectivity index (χ3v) is 2.10. The summed E-state index contributed by atoms with van der Waals surface area (Å²) in [5.74, 6) is 0.353. The van der Waals surface area contributed by atoms with E-state index in [4.69, 9.17) is 21.1 Å². The molecule has 0 aromatic carbocycles. The SMILES string of the molecule is CCCCCCC(=O)OCCOCCCl. The van der Waals surface area contributed by atoms with Crippen LogP contribution < -0.4 is 0 Å². The highest BCUT2D eigenvalue weighted by molar-refractivity contribution is 6.17. The van der Waals surface area contributed by atoms with Crippen LogP contribution in [0.2, 0.25) is 0 Å². The van der Waals surface area contributed by atoms with E-state index in [-0.39, 0.29) is 5.97 Å². The van der Waals surface area contributed by atoms with Crippen LogP contribution in [0.1, 0.15) is 39.0 Å². The quantitative estimate of drug-likeness (QED) is 0.332. The summed E-state index contributed by atoms with van der Waals surface area (Å²) >= 11 is 5.41. The van der Waals surface area contributed by atoms with Gasteiger partial charge in [-0.2, -0.15) is 0 Å². The van der Waals surface area contributed by atoms with Crippen molar-refractivity contribution in [1.29, 1.82) is 0 Å². The normalized spacial score (nSPS) is 10.3. The first-order valence-electron chi connectivity index (χ1n) is 5.60. The van der Waals surface area contributed by atoms with E-state index in [0.29, 0.717) is 32.1 Å². The Kier molecular flexibility index (Phi) is 11.6. The van der Waals surface area contributed by atoms with Crippen LogP contribution >= 0.6 is 11.6 Å². The van der Waals surface area contributed by atoms with Gasteiger partial charge in [-0.05, 0) is 6.42 Å². The van der Waals surface area contributed by atoms with Crippen molar-refractivity contribution in [2.45, 2.75) is 39.0 Å². The topological polar surface area (TPSA) is 35.5 Å². The predicted molar refractivity (Wildman–Crippen MR) is 61.3 cm³/mol. The molecule has 0 amide bonds. The molecule has 0 rings (SSSR count). The van der Waals surface area contributed by atoms with Crippen molar-refractivity contribution in [2.24, 2.45) is 0 Å². The molecule has 0 spiro atoms. The molecular weight excluding hydrogens is 216 g/mol. The minimum Gasteiger partial charge on any atom is -0.463 e. The molecule has 15 heavy (non-hydrogen) atoms. The van der Waals surface area contributed by atoms with E-state index in [1.54, 1.807) is 0 Å². The number of hydrogen-bond donors (Lipinski definition) is 0. The second kappa shape index (κ2) is 11.8. The third kappa shape index (κ3) is 11.6. The summed E-state index contributed by atoms with van der Waals surface area (Å²) in [7, 11) is 0. The monoisotopic (exact) mass is 236 g/mol. The van der Waals surface area contributed by atoms with Gasteiger partial charge in [0.05, 0.1) is 13.2 Å². The Balaban J connectivity index is 3.11. The Morgan fingerprint density at radius 3 is 2.60 bits per heavy atom. The van der Waals surface area contributed by atoms with Gasteiger partial charge in [0.15, 0.2) is 0 Å². The number of carbonyl (C=O) groups excluding carboxylic acids is 1. The summed E-state index contributed by atoms with van der Waals surface area (Å²) in [4.78, 5) is 11.1. The van der Waals surface area contributed by atoms with Crippen molar-refractivity contribution in [3.05, 3.63) is 0 Å². The molecule has 90 valence electrons. The molecule has 0 radical (unpaired) electrons. The summed E-state index contributed by atoms with van der Waals surface area (Å²) < 4.78 is 10.0. The highest BCUT2D eigenvalue weighted by Crippen LogP contribution is 2.03. The fourth-order valence-corrected chi connectivity index (χ4v) is 1.25. The van der Waals surface area contributed by atoms with Crippen LogP contribution in [0, 0.1) is 0 Å². The highest BCUT2D eigenvalue weighted by Gasteiger charge is 2.01. The standard InChI is InChI=1S/C11H21ClO3/c1-2-3-4-5-6-11(13)15-10-9-14-8-7-12/h2-10H2,1H3. The zero-order valence-electron chi connectivity index (χ0n) is 9.47. The first-order valence-corrected chi connectivity index (χ1v) is 6.14. The van der Waals surface area contributed by atoms with Gasteiger partial charge in [0.2, 0.25) is 0 Å². The van der Waals surface area contributed by atoms with Crippen molar-refractivity contribution in [3.63, 3.8) is 0 Å². The van der Waals surface area contributed by atoms with Crippen LogP contribution in [0.15, 0.2) is 0 Å². The van der Waals surface area contributed by atoms with E-state index >= 15 is 0 Å². The number of halogens is 1. The largest absolute Gasteiger partial charge is 0.463 e. The fraction of sp³-hybridized carbons (Fsp3) is 0.909. The van der Waals surface area contributed by atoms with E-state index < -0.39 is 0 Å². The Bertz CT molecular complexity index is 151. The maximum Gasteiger partial charge on any atom is 0.305 e. The van der Waals surface area contributed by atoms with Gasteiger partial charge in [0, 0.05) is 12.3 Å². The summed E-state index contributed by atoms with van der Waals surface area (Å²) in [5, 5.41) is 0. The molecular formula is C11H21ClO3. The van der Waals surface area contributed by atoms with E-state index in [2.05, 4.69) is 6.92 Å². The molecule has 0 aliphatic heterocycles. The lowest BCUT2D eigenvalue weighted by Crippen LogP contribution is -2.11. The number of esters is 1. The number of alkyl halides is 1. The molecule has 0 aromatic rings. The zero-order valence-corrected chi connectivity index (χ0v) is 10.2. The molecule has 0 N–H and O–H groups in total. The van der Waals surface area contributed by atoms with Crippen molar-refractivity contribution in [3.8, 4) is 0 Å². The molecule has 4 heteroatoms. The van der Waals surface area contributed by atoms with Crippen LogP contribution in [0.5, 0.6) is 0 Å². The van der Waals surface area contributed by atoms with Crippen molar-refractivity contribution in [2.75, 3.05) is 25.7 Å². The van der Waals surface area contributed by atoms with Crippen LogP contribution in [0.4, 0.5) is 0 Å². The lowest BCUT2D eigenvalue weighted by atomic mass is 10.2. The molecule has 0 aliphatic rings. The van der Waals surface area contributed by atoms with E-state index in [1.165, 1.54) is 12.8 Å². The number of carbonyl (C=O) groups is 1. The Morgan fingerprint density at radius 2 is 1.93 bits per heavy atom. The average Bonchev–Trinajstić information content (AvgIpc) is 2.24. The van der Waals surface area contributed by atoms with Crippen molar-refractivity contribution >= 4 is 17.6 Å². The van der Waals surface area contributed by atoms with E-state index in [1.807, 2.05) is 0 Å². The molecule has 0 aromatic heterocycles. The van der Waals surface area contributed by atoms with Crippen molar-refractivity contribution in [1.82, 2.24) is 0 Å². The molecule has 0 bridgehead atoms. The minimum atomic E-state index is -0.124. The van der Waals surface area contributed by atoms with E-state index in [0.717, 1.165) is 12.8 Å². The molecule has 0 aliphatic carbocycles. The number of unbranched alkanes of at least 4 members (excludes halogenated alkanes) is 3. The lowest BCUT2D eigenvalue weighted by Gasteiger charge is -2.04.